The van der Waals surface area contributed by atoms with E-state index in [1.165, 1.54) is 12.4 Å². The van der Waals surface area contributed by atoms with Crippen LogP contribution in [0.25, 0.3) is 10.9 Å². The molecule has 8 heteroatoms. The molecule has 2 rings (SSSR count). The second-order valence-corrected chi connectivity index (χ2v) is 5.08. The van der Waals surface area contributed by atoms with E-state index in [1.54, 1.807) is 12.1 Å². The molecule has 0 radical (unpaired) electrons. The predicted octanol–water partition coefficient (Wildman–Crippen LogP) is 1.29. The molecule has 0 spiro atoms. The van der Waals surface area contributed by atoms with Crippen LogP contribution in [0.3, 0.4) is 0 Å². The number of urea groups is 1. The van der Waals surface area contributed by atoms with E-state index < -0.39 is 17.5 Å². The van der Waals surface area contributed by atoms with Crippen molar-refractivity contribution >= 4 is 34.4 Å². The number of nitrogens with one attached hydrogen (secondary N) is 2. The van der Waals surface area contributed by atoms with Crippen LogP contribution in [-0.2, 0) is 11.3 Å². The van der Waals surface area contributed by atoms with E-state index in [9.17, 15) is 14.4 Å². The molecule has 116 valence electrons. The molecule has 1 aromatic heterocycles. The van der Waals surface area contributed by atoms with Gasteiger partial charge in [-0.25, -0.2) is 9.78 Å². The molecule has 0 aliphatic rings. The van der Waals surface area contributed by atoms with E-state index in [4.69, 9.17) is 11.6 Å². The monoisotopic (exact) mass is 322 g/mol. The van der Waals surface area contributed by atoms with Gasteiger partial charge in [0.15, 0.2) is 0 Å². The highest BCUT2D eigenvalue weighted by atomic mass is 35.5. The summed E-state index contributed by atoms with van der Waals surface area (Å²) in [6.07, 6.45) is 2.03. The van der Waals surface area contributed by atoms with E-state index in [1.807, 2.05) is 6.92 Å². The number of halogens is 1. The standard InChI is InChI=1S/C14H15ClN4O3/c1-2-5-16-14(22)18-12(20)7-19-8-17-11-4-3-9(15)6-10(11)13(19)21/h3-4,6,8H,2,5,7H2,1H3,(H2,16,18,20,22). The van der Waals surface area contributed by atoms with Crippen LogP contribution in [0.4, 0.5) is 4.79 Å². The number of amides is 3. The Labute approximate surface area is 131 Å². The second-order valence-electron chi connectivity index (χ2n) is 4.64. The van der Waals surface area contributed by atoms with E-state index >= 15 is 0 Å². The van der Waals surface area contributed by atoms with E-state index in [0.29, 0.717) is 22.5 Å². The van der Waals surface area contributed by atoms with Crippen LogP contribution >= 0.6 is 11.6 Å². The zero-order valence-electron chi connectivity index (χ0n) is 11.9. The van der Waals surface area contributed by atoms with Crippen LogP contribution in [-0.4, -0.2) is 28.0 Å². The smallest absolute Gasteiger partial charge is 0.321 e. The van der Waals surface area contributed by atoms with Gasteiger partial charge in [-0.05, 0) is 24.6 Å². The number of fused-ring (bicyclic) bond motifs is 1. The Balaban J connectivity index is 2.14. The Kier molecular flexibility index (Phi) is 5.11. The first-order valence-corrected chi connectivity index (χ1v) is 7.11. The summed E-state index contributed by atoms with van der Waals surface area (Å²) in [7, 11) is 0. The summed E-state index contributed by atoms with van der Waals surface area (Å²) in [6, 6.07) is 4.17. The van der Waals surface area contributed by atoms with Gasteiger partial charge in [-0.1, -0.05) is 18.5 Å². The molecule has 2 N–H and O–H groups in total. The van der Waals surface area contributed by atoms with Gasteiger partial charge in [-0.2, -0.15) is 0 Å². The molecule has 0 fully saturated rings. The lowest BCUT2D eigenvalue weighted by Gasteiger charge is -2.08. The lowest BCUT2D eigenvalue weighted by molar-refractivity contribution is -0.120. The van der Waals surface area contributed by atoms with Crippen LogP contribution in [0.5, 0.6) is 0 Å². The third kappa shape index (κ3) is 3.82. The minimum Gasteiger partial charge on any atom is -0.338 e. The highest BCUT2D eigenvalue weighted by Crippen LogP contribution is 2.13. The van der Waals surface area contributed by atoms with Gasteiger partial charge in [-0.15, -0.1) is 0 Å². The number of rotatable bonds is 4. The van der Waals surface area contributed by atoms with E-state index in [0.717, 1.165) is 11.0 Å². The molecule has 0 aliphatic heterocycles. The zero-order valence-corrected chi connectivity index (χ0v) is 12.7. The third-order valence-corrected chi connectivity index (χ3v) is 3.12. The van der Waals surface area contributed by atoms with Gasteiger partial charge in [0.25, 0.3) is 5.56 Å². The fourth-order valence-electron chi connectivity index (χ4n) is 1.85. The molecule has 0 aliphatic carbocycles. The summed E-state index contributed by atoms with van der Waals surface area (Å²) >= 11 is 5.86. The Morgan fingerprint density at radius 3 is 2.86 bits per heavy atom. The summed E-state index contributed by atoms with van der Waals surface area (Å²) in [5.41, 5.74) is 0.100. The minimum atomic E-state index is -0.598. The predicted molar refractivity (Wildman–Crippen MR) is 82.8 cm³/mol. The molecule has 2 aromatic rings. The average Bonchev–Trinajstić information content (AvgIpc) is 2.48. The Bertz CT molecular complexity index is 772. The Morgan fingerprint density at radius 2 is 2.14 bits per heavy atom. The van der Waals surface area contributed by atoms with Gasteiger partial charge in [-0.3, -0.25) is 19.5 Å². The lowest BCUT2D eigenvalue weighted by Crippen LogP contribution is -2.42. The normalized spacial score (nSPS) is 10.5. The highest BCUT2D eigenvalue weighted by molar-refractivity contribution is 6.31. The molecular formula is C14H15ClN4O3. The maximum atomic E-state index is 12.3. The molecule has 22 heavy (non-hydrogen) atoms. The van der Waals surface area contributed by atoms with Gasteiger partial charge < -0.3 is 5.32 Å². The SMILES string of the molecule is CCCNC(=O)NC(=O)Cn1cnc2ccc(Cl)cc2c1=O. The fraction of sp³-hybridized carbons (Fsp3) is 0.286. The third-order valence-electron chi connectivity index (χ3n) is 2.89. The number of hydrogen-bond acceptors (Lipinski definition) is 4. The molecule has 0 saturated heterocycles. The van der Waals surface area contributed by atoms with Crippen molar-refractivity contribution in [3.05, 3.63) is 39.9 Å². The number of imide groups is 1. The summed E-state index contributed by atoms with van der Waals surface area (Å²) in [4.78, 5) is 39.5. The fourth-order valence-corrected chi connectivity index (χ4v) is 2.02. The topological polar surface area (TPSA) is 93.1 Å². The van der Waals surface area contributed by atoms with E-state index in [2.05, 4.69) is 15.6 Å². The molecule has 0 unspecified atom stereocenters. The van der Waals surface area contributed by atoms with Crippen LogP contribution in [0.1, 0.15) is 13.3 Å². The number of hydrogen-bond donors (Lipinski definition) is 2. The highest BCUT2D eigenvalue weighted by Gasteiger charge is 2.11. The average molecular weight is 323 g/mol. The quantitative estimate of drug-likeness (QED) is 0.887. The van der Waals surface area contributed by atoms with Gasteiger partial charge in [0.05, 0.1) is 17.2 Å². The van der Waals surface area contributed by atoms with Crippen molar-refractivity contribution in [3.8, 4) is 0 Å². The summed E-state index contributed by atoms with van der Waals surface area (Å²) in [5, 5.41) is 5.38. The van der Waals surface area contributed by atoms with Crippen molar-refractivity contribution in [1.82, 2.24) is 20.2 Å². The largest absolute Gasteiger partial charge is 0.338 e. The molecule has 0 atom stereocenters. The summed E-state index contributed by atoms with van der Waals surface area (Å²) in [5.74, 6) is -0.598. The van der Waals surface area contributed by atoms with Crippen molar-refractivity contribution in [2.75, 3.05) is 6.54 Å². The molecule has 7 nitrogen and oxygen atoms in total. The van der Waals surface area contributed by atoms with Crippen molar-refractivity contribution in [1.29, 1.82) is 0 Å². The van der Waals surface area contributed by atoms with Gasteiger partial charge >= 0.3 is 6.03 Å². The van der Waals surface area contributed by atoms with Gasteiger partial charge in [0.2, 0.25) is 5.91 Å². The van der Waals surface area contributed by atoms with Crippen LogP contribution in [0, 0.1) is 0 Å². The Hall–Kier alpha value is -2.41. The first-order valence-electron chi connectivity index (χ1n) is 6.73. The molecular weight excluding hydrogens is 308 g/mol. The van der Waals surface area contributed by atoms with Crippen molar-refractivity contribution in [3.63, 3.8) is 0 Å². The second kappa shape index (κ2) is 7.04. The summed E-state index contributed by atoms with van der Waals surface area (Å²) < 4.78 is 1.13. The first kappa shape index (κ1) is 16.0. The maximum Gasteiger partial charge on any atom is 0.321 e. The molecule has 1 aromatic carbocycles. The van der Waals surface area contributed by atoms with Crippen molar-refractivity contribution in [2.24, 2.45) is 0 Å². The number of carbonyl (C=O) groups is 2. The van der Waals surface area contributed by atoms with Gasteiger partial charge in [0, 0.05) is 11.6 Å². The van der Waals surface area contributed by atoms with Crippen molar-refractivity contribution < 1.29 is 9.59 Å². The molecule has 1 heterocycles. The maximum absolute atomic E-state index is 12.3. The van der Waals surface area contributed by atoms with Gasteiger partial charge in [0.1, 0.15) is 6.54 Å². The molecule has 0 saturated carbocycles. The number of aromatic nitrogens is 2. The zero-order chi connectivity index (χ0) is 16.1. The lowest BCUT2D eigenvalue weighted by atomic mass is 10.2. The van der Waals surface area contributed by atoms with Crippen LogP contribution < -0.4 is 16.2 Å². The minimum absolute atomic E-state index is 0.298. The van der Waals surface area contributed by atoms with Crippen molar-refractivity contribution in [2.45, 2.75) is 19.9 Å². The molecule has 3 amide bonds. The first-order chi connectivity index (χ1) is 10.5. The van der Waals surface area contributed by atoms with E-state index in [-0.39, 0.29) is 6.54 Å². The molecule has 0 bridgehead atoms. The number of carbonyl (C=O) groups excluding carboxylic acids is 2. The number of nitrogens with zero attached hydrogens (tertiary/aromatic N) is 2. The summed E-state index contributed by atoms with van der Waals surface area (Å²) in [6.45, 7) is 2.07. The number of benzene rings is 1. The Morgan fingerprint density at radius 1 is 1.36 bits per heavy atom. The van der Waals surface area contributed by atoms with Crippen LogP contribution in [0.2, 0.25) is 5.02 Å². The van der Waals surface area contributed by atoms with Crippen LogP contribution in [0.15, 0.2) is 29.3 Å².